The molecule has 5 N–H and O–H groups in total. The molecule has 6 heteroatoms. The van der Waals surface area contributed by atoms with Crippen molar-refractivity contribution in [2.75, 3.05) is 5.32 Å². The predicted molar refractivity (Wildman–Crippen MR) is 79.7 cm³/mol. The van der Waals surface area contributed by atoms with E-state index < -0.39 is 5.91 Å². The molecule has 0 spiro atoms. The Hall–Kier alpha value is -3.02. The summed E-state index contributed by atoms with van der Waals surface area (Å²) >= 11 is 0. The van der Waals surface area contributed by atoms with Gasteiger partial charge in [0.2, 0.25) is 0 Å². The van der Waals surface area contributed by atoms with Crippen molar-refractivity contribution in [3.05, 3.63) is 59.2 Å². The van der Waals surface area contributed by atoms with Crippen LogP contribution in [0.4, 0.5) is 5.69 Å². The standard InChI is InChI=1S/C15H15N3O3/c1-9-2-7-12(13(19)8-9)15(20)17-11-5-3-10(4-6-11)14(16)18-21/h2-8,19,21H,1H3,(H2,16,18)(H,17,20). The molecule has 0 unspecified atom stereocenters. The molecule has 0 atom stereocenters. The van der Waals surface area contributed by atoms with E-state index in [1.807, 2.05) is 6.92 Å². The number of hydrogen-bond donors (Lipinski definition) is 4. The maximum Gasteiger partial charge on any atom is 0.259 e. The zero-order chi connectivity index (χ0) is 15.4. The summed E-state index contributed by atoms with van der Waals surface area (Å²) in [4.78, 5) is 12.1. The summed E-state index contributed by atoms with van der Waals surface area (Å²) in [5.74, 6) is -0.492. The third-order valence-electron chi connectivity index (χ3n) is 2.94. The molecule has 0 saturated heterocycles. The van der Waals surface area contributed by atoms with Gasteiger partial charge in [-0.15, -0.1) is 0 Å². The molecule has 2 aromatic rings. The first-order chi connectivity index (χ1) is 10.0. The van der Waals surface area contributed by atoms with Crippen LogP contribution >= 0.6 is 0 Å². The average Bonchev–Trinajstić information content (AvgIpc) is 2.47. The van der Waals surface area contributed by atoms with Crippen LogP contribution in [0.15, 0.2) is 47.6 Å². The molecular weight excluding hydrogens is 270 g/mol. The van der Waals surface area contributed by atoms with E-state index in [2.05, 4.69) is 10.5 Å². The number of benzene rings is 2. The number of nitrogens with zero attached hydrogens (tertiary/aromatic N) is 1. The summed E-state index contributed by atoms with van der Waals surface area (Å²) in [6.07, 6.45) is 0. The van der Waals surface area contributed by atoms with E-state index in [1.165, 1.54) is 6.07 Å². The van der Waals surface area contributed by atoms with Gasteiger partial charge in [0, 0.05) is 11.3 Å². The number of nitrogens with two attached hydrogens (primary N) is 1. The van der Waals surface area contributed by atoms with E-state index >= 15 is 0 Å². The Labute approximate surface area is 121 Å². The fourth-order valence-electron chi connectivity index (χ4n) is 1.81. The van der Waals surface area contributed by atoms with Crippen molar-refractivity contribution in [1.82, 2.24) is 0 Å². The molecule has 1 amide bonds. The third-order valence-corrected chi connectivity index (χ3v) is 2.94. The van der Waals surface area contributed by atoms with Gasteiger partial charge in [0.15, 0.2) is 5.84 Å². The number of amidine groups is 1. The van der Waals surface area contributed by atoms with Crippen molar-refractivity contribution >= 4 is 17.4 Å². The fourth-order valence-corrected chi connectivity index (χ4v) is 1.81. The van der Waals surface area contributed by atoms with Crippen LogP contribution < -0.4 is 11.1 Å². The number of phenols is 1. The molecule has 0 bridgehead atoms. The van der Waals surface area contributed by atoms with E-state index in [0.717, 1.165) is 5.56 Å². The monoisotopic (exact) mass is 285 g/mol. The van der Waals surface area contributed by atoms with Gasteiger partial charge in [-0.25, -0.2) is 0 Å². The Kier molecular flexibility index (Phi) is 4.08. The van der Waals surface area contributed by atoms with Gasteiger partial charge in [-0.3, -0.25) is 4.79 Å². The molecular formula is C15H15N3O3. The predicted octanol–water partition coefficient (Wildman–Crippen LogP) is 2.05. The maximum atomic E-state index is 12.1. The molecule has 0 fully saturated rings. The van der Waals surface area contributed by atoms with Crippen molar-refractivity contribution in [3.8, 4) is 5.75 Å². The summed E-state index contributed by atoms with van der Waals surface area (Å²) in [7, 11) is 0. The Morgan fingerprint density at radius 3 is 2.43 bits per heavy atom. The minimum atomic E-state index is -0.413. The van der Waals surface area contributed by atoms with Crippen molar-refractivity contribution in [2.24, 2.45) is 10.9 Å². The zero-order valence-electron chi connectivity index (χ0n) is 11.4. The Morgan fingerprint density at radius 1 is 1.19 bits per heavy atom. The SMILES string of the molecule is Cc1ccc(C(=O)Nc2ccc(/C(N)=N/O)cc2)c(O)c1. The molecule has 6 nitrogen and oxygen atoms in total. The second kappa shape index (κ2) is 5.96. The zero-order valence-corrected chi connectivity index (χ0v) is 11.4. The highest BCUT2D eigenvalue weighted by Gasteiger charge is 2.11. The Bertz CT molecular complexity index is 694. The number of rotatable bonds is 3. The van der Waals surface area contributed by atoms with Gasteiger partial charge in [0.25, 0.3) is 5.91 Å². The highest BCUT2D eigenvalue weighted by molar-refractivity contribution is 6.06. The fraction of sp³-hybridized carbons (Fsp3) is 0.0667. The van der Waals surface area contributed by atoms with Crippen LogP contribution in [0.25, 0.3) is 0 Å². The number of hydrogen-bond acceptors (Lipinski definition) is 4. The molecule has 2 rings (SSSR count). The van der Waals surface area contributed by atoms with E-state index in [1.54, 1.807) is 36.4 Å². The lowest BCUT2D eigenvalue weighted by molar-refractivity contribution is 0.102. The summed E-state index contributed by atoms with van der Waals surface area (Å²) in [5.41, 5.74) is 7.59. The number of phenolic OH excluding ortho intramolecular Hbond substituents is 1. The van der Waals surface area contributed by atoms with Gasteiger partial charge >= 0.3 is 0 Å². The molecule has 21 heavy (non-hydrogen) atoms. The lowest BCUT2D eigenvalue weighted by Gasteiger charge is -2.08. The second-order valence-electron chi connectivity index (χ2n) is 4.54. The third kappa shape index (κ3) is 3.30. The molecule has 0 saturated carbocycles. The van der Waals surface area contributed by atoms with E-state index in [0.29, 0.717) is 11.3 Å². The van der Waals surface area contributed by atoms with Gasteiger partial charge in [-0.1, -0.05) is 11.2 Å². The number of carbonyl (C=O) groups excluding carboxylic acids is 1. The summed E-state index contributed by atoms with van der Waals surface area (Å²) in [5, 5.41) is 23.9. The molecule has 0 aliphatic carbocycles. The first-order valence-electron chi connectivity index (χ1n) is 6.20. The van der Waals surface area contributed by atoms with Crippen molar-refractivity contribution in [1.29, 1.82) is 0 Å². The van der Waals surface area contributed by atoms with Gasteiger partial charge in [0.1, 0.15) is 5.75 Å². The van der Waals surface area contributed by atoms with E-state index in [-0.39, 0.29) is 17.1 Å². The Morgan fingerprint density at radius 2 is 1.86 bits per heavy atom. The second-order valence-corrected chi connectivity index (χ2v) is 4.54. The molecule has 0 aromatic heterocycles. The number of aromatic hydroxyl groups is 1. The van der Waals surface area contributed by atoms with Crippen LogP contribution in [0, 0.1) is 6.92 Å². The van der Waals surface area contributed by atoms with Crippen LogP contribution in [0.5, 0.6) is 5.75 Å². The van der Waals surface area contributed by atoms with Crippen molar-refractivity contribution < 1.29 is 15.1 Å². The van der Waals surface area contributed by atoms with Crippen LogP contribution in [-0.4, -0.2) is 22.1 Å². The topological polar surface area (TPSA) is 108 Å². The van der Waals surface area contributed by atoms with Gasteiger partial charge in [0.05, 0.1) is 5.56 Å². The molecule has 0 aliphatic heterocycles. The molecule has 108 valence electrons. The summed E-state index contributed by atoms with van der Waals surface area (Å²) in [6, 6.07) is 11.3. The lowest BCUT2D eigenvalue weighted by Crippen LogP contribution is -2.14. The first-order valence-corrected chi connectivity index (χ1v) is 6.20. The molecule has 0 aliphatic rings. The average molecular weight is 285 g/mol. The van der Waals surface area contributed by atoms with E-state index in [9.17, 15) is 9.90 Å². The summed E-state index contributed by atoms with van der Waals surface area (Å²) < 4.78 is 0. The first kappa shape index (κ1) is 14.4. The smallest absolute Gasteiger partial charge is 0.259 e. The highest BCUT2D eigenvalue weighted by Crippen LogP contribution is 2.20. The van der Waals surface area contributed by atoms with Crippen LogP contribution in [0.1, 0.15) is 21.5 Å². The number of anilines is 1. The molecule has 0 radical (unpaired) electrons. The normalized spacial score (nSPS) is 11.2. The van der Waals surface area contributed by atoms with Crippen molar-refractivity contribution in [3.63, 3.8) is 0 Å². The van der Waals surface area contributed by atoms with Crippen LogP contribution in [0.3, 0.4) is 0 Å². The molecule has 0 heterocycles. The van der Waals surface area contributed by atoms with Crippen molar-refractivity contribution in [2.45, 2.75) is 6.92 Å². The number of carbonyl (C=O) groups is 1. The minimum absolute atomic E-state index is 0.0101. The Balaban J connectivity index is 2.16. The van der Waals surface area contributed by atoms with E-state index in [4.69, 9.17) is 10.9 Å². The summed E-state index contributed by atoms with van der Waals surface area (Å²) in [6.45, 7) is 1.83. The van der Waals surface area contributed by atoms with Gasteiger partial charge in [-0.2, -0.15) is 0 Å². The van der Waals surface area contributed by atoms with Gasteiger partial charge < -0.3 is 21.4 Å². The lowest BCUT2D eigenvalue weighted by atomic mass is 10.1. The maximum absolute atomic E-state index is 12.1. The highest BCUT2D eigenvalue weighted by atomic mass is 16.4. The quantitative estimate of drug-likeness (QED) is 0.299. The largest absolute Gasteiger partial charge is 0.507 e. The molecule has 2 aromatic carbocycles. The number of nitrogens with one attached hydrogen (secondary N) is 1. The van der Waals surface area contributed by atoms with Crippen LogP contribution in [-0.2, 0) is 0 Å². The minimum Gasteiger partial charge on any atom is -0.507 e. The number of amides is 1. The van der Waals surface area contributed by atoms with Gasteiger partial charge in [-0.05, 0) is 48.9 Å². The number of oxime groups is 1. The van der Waals surface area contributed by atoms with Crippen LogP contribution in [0.2, 0.25) is 0 Å². The number of aryl methyl sites for hydroxylation is 1.